The van der Waals surface area contributed by atoms with Crippen LogP contribution in [-0.4, -0.2) is 11.7 Å². The first-order chi connectivity index (χ1) is 5.79. The lowest BCUT2D eigenvalue weighted by Crippen LogP contribution is -2.12. The molecular weight excluding hydrogens is 150 g/mol. The minimum atomic E-state index is -0.655. The zero-order valence-electron chi connectivity index (χ0n) is 6.70. The second-order valence-electron chi connectivity index (χ2n) is 2.48. The number of hydrogen-bond acceptors (Lipinski definition) is 2. The summed E-state index contributed by atoms with van der Waals surface area (Å²) in [4.78, 5) is 0. The van der Waals surface area contributed by atoms with Crippen LogP contribution in [0.5, 0.6) is 0 Å². The highest BCUT2D eigenvalue weighted by molar-refractivity contribution is 5.40. The van der Waals surface area contributed by atoms with Gasteiger partial charge in [-0.15, -0.1) is 6.42 Å². The van der Waals surface area contributed by atoms with Crippen molar-refractivity contribution in [1.82, 2.24) is 0 Å². The van der Waals surface area contributed by atoms with Crippen molar-refractivity contribution in [1.29, 1.82) is 0 Å². The van der Waals surface area contributed by atoms with Crippen molar-refractivity contribution in [2.75, 3.05) is 6.54 Å². The molecule has 0 spiro atoms. The summed E-state index contributed by atoms with van der Waals surface area (Å²) in [7, 11) is 0. The highest BCUT2D eigenvalue weighted by atomic mass is 16.3. The van der Waals surface area contributed by atoms with Gasteiger partial charge < -0.3 is 10.8 Å². The molecule has 3 N–H and O–H groups in total. The molecule has 2 heteroatoms. The van der Waals surface area contributed by atoms with Crippen LogP contribution in [0.1, 0.15) is 17.2 Å². The Morgan fingerprint density at radius 1 is 1.50 bits per heavy atom. The summed E-state index contributed by atoms with van der Waals surface area (Å²) in [6.45, 7) is 0.193. The van der Waals surface area contributed by atoms with Crippen molar-refractivity contribution >= 4 is 0 Å². The summed E-state index contributed by atoms with van der Waals surface area (Å²) < 4.78 is 0. The SMILES string of the molecule is C#Cc1ccccc1[C@H](O)CN. The molecule has 0 unspecified atom stereocenters. The van der Waals surface area contributed by atoms with Gasteiger partial charge in [0.05, 0.1) is 6.10 Å². The van der Waals surface area contributed by atoms with Crippen LogP contribution in [-0.2, 0) is 0 Å². The van der Waals surface area contributed by atoms with E-state index >= 15 is 0 Å². The molecule has 12 heavy (non-hydrogen) atoms. The van der Waals surface area contributed by atoms with E-state index in [1.54, 1.807) is 12.1 Å². The van der Waals surface area contributed by atoms with Gasteiger partial charge in [-0.25, -0.2) is 0 Å². The predicted molar refractivity (Wildman–Crippen MR) is 48.4 cm³/mol. The number of aliphatic hydroxyl groups is 1. The summed E-state index contributed by atoms with van der Waals surface area (Å²) in [5, 5.41) is 9.42. The van der Waals surface area contributed by atoms with Gasteiger partial charge in [0.2, 0.25) is 0 Å². The number of terminal acetylenes is 1. The van der Waals surface area contributed by atoms with Gasteiger partial charge in [0.1, 0.15) is 0 Å². The maximum atomic E-state index is 9.42. The van der Waals surface area contributed by atoms with Crippen LogP contribution in [0.4, 0.5) is 0 Å². The van der Waals surface area contributed by atoms with Crippen LogP contribution >= 0.6 is 0 Å². The van der Waals surface area contributed by atoms with Crippen molar-refractivity contribution < 1.29 is 5.11 Å². The molecule has 0 aliphatic carbocycles. The lowest BCUT2D eigenvalue weighted by Gasteiger charge is -2.09. The largest absolute Gasteiger partial charge is 0.387 e. The smallest absolute Gasteiger partial charge is 0.0924 e. The fourth-order valence-electron chi connectivity index (χ4n) is 1.05. The summed E-state index contributed by atoms with van der Waals surface area (Å²) in [6.07, 6.45) is 4.59. The van der Waals surface area contributed by atoms with Crippen LogP contribution in [0.3, 0.4) is 0 Å². The molecule has 0 bridgehead atoms. The van der Waals surface area contributed by atoms with Crippen LogP contribution < -0.4 is 5.73 Å². The predicted octanol–water partition coefficient (Wildman–Crippen LogP) is 0.660. The first kappa shape index (κ1) is 8.79. The Kier molecular flexibility index (Phi) is 2.87. The number of nitrogens with two attached hydrogens (primary N) is 1. The van der Waals surface area contributed by atoms with Crippen LogP contribution in [0.2, 0.25) is 0 Å². The van der Waals surface area contributed by atoms with Gasteiger partial charge in [-0.05, 0) is 11.6 Å². The van der Waals surface area contributed by atoms with E-state index in [9.17, 15) is 5.11 Å². The third-order valence-electron chi connectivity index (χ3n) is 1.70. The summed E-state index contributed by atoms with van der Waals surface area (Å²) in [5.74, 6) is 2.50. The molecular formula is C10H11NO. The second kappa shape index (κ2) is 3.91. The Balaban J connectivity index is 3.07. The fraction of sp³-hybridized carbons (Fsp3) is 0.200. The summed E-state index contributed by atoms with van der Waals surface area (Å²) >= 11 is 0. The molecule has 1 atom stereocenters. The van der Waals surface area contributed by atoms with Crippen LogP contribution in [0, 0.1) is 12.3 Å². The van der Waals surface area contributed by atoms with E-state index in [-0.39, 0.29) is 6.54 Å². The lowest BCUT2D eigenvalue weighted by atomic mass is 10.0. The van der Waals surface area contributed by atoms with E-state index < -0.39 is 6.10 Å². The summed E-state index contributed by atoms with van der Waals surface area (Å²) in [6, 6.07) is 7.23. The second-order valence-corrected chi connectivity index (χ2v) is 2.48. The maximum absolute atomic E-state index is 9.42. The van der Waals surface area contributed by atoms with Gasteiger partial charge in [-0.1, -0.05) is 24.1 Å². The molecule has 0 fully saturated rings. The molecule has 62 valence electrons. The van der Waals surface area contributed by atoms with Crippen LogP contribution in [0.15, 0.2) is 24.3 Å². The number of benzene rings is 1. The van der Waals surface area contributed by atoms with E-state index in [2.05, 4.69) is 5.92 Å². The molecule has 2 nitrogen and oxygen atoms in total. The third kappa shape index (κ3) is 1.65. The molecule has 0 aromatic heterocycles. The van der Waals surface area contributed by atoms with Gasteiger partial charge in [0.25, 0.3) is 0 Å². The molecule has 0 saturated carbocycles. The van der Waals surface area contributed by atoms with Gasteiger partial charge in [0, 0.05) is 12.1 Å². The van der Waals surface area contributed by atoms with Crippen molar-refractivity contribution in [3.05, 3.63) is 35.4 Å². The Morgan fingerprint density at radius 3 is 2.75 bits per heavy atom. The van der Waals surface area contributed by atoms with Crippen molar-refractivity contribution in [3.63, 3.8) is 0 Å². The maximum Gasteiger partial charge on any atom is 0.0924 e. The van der Waals surface area contributed by atoms with Gasteiger partial charge >= 0.3 is 0 Å². The highest BCUT2D eigenvalue weighted by Gasteiger charge is 2.07. The monoisotopic (exact) mass is 161 g/mol. The first-order valence-electron chi connectivity index (χ1n) is 3.73. The van der Waals surface area contributed by atoms with Crippen molar-refractivity contribution in [2.24, 2.45) is 5.73 Å². The van der Waals surface area contributed by atoms with E-state index in [0.717, 1.165) is 5.56 Å². The average Bonchev–Trinajstić information content (AvgIpc) is 2.16. The standard InChI is InChI=1S/C10H11NO/c1-2-8-5-3-4-6-9(8)10(12)7-11/h1,3-6,10,12H,7,11H2/t10-/m1/s1. The zero-order chi connectivity index (χ0) is 8.97. The minimum Gasteiger partial charge on any atom is -0.387 e. The molecule has 0 aliphatic heterocycles. The van der Waals surface area contributed by atoms with Gasteiger partial charge in [0.15, 0.2) is 0 Å². The number of rotatable bonds is 2. The van der Waals surface area contributed by atoms with E-state index in [1.165, 1.54) is 0 Å². The molecule has 0 aliphatic rings. The molecule has 1 aromatic rings. The fourth-order valence-corrected chi connectivity index (χ4v) is 1.05. The van der Waals surface area contributed by atoms with Gasteiger partial charge in [-0.3, -0.25) is 0 Å². The molecule has 0 heterocycles. The third-order valence-corrected chi connectivity index (χ3v) is 1.70. The number of aliphatic hydroxyl groups excluding tert-OH is 1. The Labute approximate surface area is 72.0 Å². The first-order valence-corrected chi connectivity index (χ1v) is 3.73. The van der Waals surface area contributed by atoms with E-state index in [4.69, 9.17) is 12.2 Å². The topological polar surface area (TPSA) is 46.2 Å². The van der Waals surface area contributed by atoms with Crippen molar-refractivity contribution in [2.45, 2.75) is 6.10 Å². The molecule has 1 rings (SSSR count). The number of hydrogen-bond donors (Lipinski definition) is 2. The summed E-state index contributed by atoms with van der Waals surface area (Å²) in [5.41, 5.74) is 6.74. The normalized spacial score (nSPS) is 12.1. The highest BCUT2D eigenvalue weighted by Crippen LogP contribution is 2.15. The van der Waals surface area contributed by atoms with E-state index in [0.29, 0.717) is 5.56 Å². The Hall–Kier alpha value is -1.30. The van der Waals surface area contributed by atoms with Gasteiger partial charge in [-0.2, -0.15) is 0 Å². The molecule has 0 radical (unpaired) electrons. The Morgan fingerprint density at radius 2 is 2.17 bits per heavy atom. The van der Waals surface area contributed by atoms with Crippen LogP contribution in [0.25, 0.3) is 0 Å². The molecule has 0 amide bonds. The zero-order valence-corrected chi connectivity index (χ0v) is 6.70. The van der Waals surface area contributed by atoms with E-state index in [1.807, 2.05) is 12.1 Å². The lowest BCUT2D eigenvalue weighted by molar-refractivity contribution is 0.186. The van der Waals surface area contributed by atoms with Crippen molar-refractivity contribution in [3.8, 4) is 12.3 Å². The molecule has 0 saturated heterocycles. The quantitative estimate of drug-likeness (QED) is 0.626. The Bertz CT molecular complexity index is 301. The average molecular weight is 161 g/mol. The molecule has 1 aromatic carbocycles. The minimum absolute atomic E-state index is 0.193.